The van der Waals surface area contributed by atoms with Crippen LogP contribution in [0.2, 0.25) is 0 Å². The van der Waals surface area contributed by atoms with E-state index in [9.17, 15) is 28.1 Å². The molecule has 0 saturated carbocycles. The molecule has 0 aromatic heterocycles. The molecule has 1 aromatic carbocycles. The van der Waals surface area contributed by atoms with Gasteiger partial charge in [0.15, 0.2) is 0 Å². The van der Waals surface area contributed by atoms with Crippen molar-refractivity contribution in [2.24, 2.45) is 0 Å². The summed E-state index contributed by atoms with van der Waals surface area (Å²) in [4.78, 5) is 20.4. The highest BCUT2D eigenvalue weighted by Gasteiger charge is 2.36. The molecule has 0 unspecified atom stereocenters. The second-order valence-corrected chi connectivity index (χ2v) is 3.14. The van der Waals surface area contributed by atoms with Crippen LogP contribution in [0.25, 0.3) is 0 Å². The third-order valence-electron chi connectivity index (χ3n) is 1.72. The zero-order chi connectivity index (χ0) is 13.9. The molecule has 1 rings (SSSR count). The number of alkyl halides is 3. The lowest BCUT2D eigenvalue weighted by Crippen LogP contribution is -2.19. The van der Waals surface area contributed by atoms with E-state index in [2.05, 4.69) is 4.74 Å². The number of para-hydroxylation sites is 1. The summed E-state index contributed by atoms with van der Waals surface area (Å²) < 4.78 is 40.0. The SMILES string of the molecule is CC(=O)Nc1cccc([N+](=O)[O-])c1OC(F)(F)F. The Morgan fingerprint density at radius 2 is 2.06 bits per heavy atom. The Labute approximate surface area is 98.5 Å². The maximum Gasteiger partial charge on any atom is 0.573 e. The lowest BCUT2D eigenvalue weighted by molar-refractivity contribution is -0.388. The van der Waals surface area contributed by atoms with Crippen LogP contribution < -0.4 is 10.1 Å². The van der Waals surface area contributed by atoms with Gasteiger partial charge in [-0.05, 0) is 6.07 Å². The van der Waals surface area contributed by atoms with Gasteiger partial charge in [0.1, 0.15) is 0 Å². The van der Waals surface area contributed by atoms with E-state index in [0.29, 0.717) is 0 Å². The molecular formula is C9H7F3N2O4. The molecule has 18 heavy (non-hydrogen) atoms. The van der Waals surface area contributed by atoms with Crippen LogP contribution in [0.5, 0.6) is 5.75 Å². The number of nitro benzene ring substituents is 1. The predicted molar refractivity (Wildman–Crippen MR) is 54.1 cm³/mol. The molecule has 0 aliphatic heterocycles. The largest absolute Gasteiger partial charge is 0.573 e. The molecule has 0 saturated heterocycles. The standard InChI is InChI=1S/C9H7F3N2O4/c1-5(15)13-6-3-2-4-7(14(16)17)8(6)18-9(10,11)12/h2-4H,1H3,(H,13,15). The minimum Gasteiger partial charge on any atom is -0.396 e. The van der Waals surface area contributed by atoms with Crippen LogP contribution >= 0.6 is 0 Å². The van der Waals surface area contributed by atoms with E-state index < -0.39 is 34.3 Å². The van der Waals surface area contributed by atoms with Crippen LogP contribution in [-0.2, 0) is 4.79 Å². The van der Waals surface area contributed by atoms with Gasteiger partial charge in [-0.25, -0.2) is 0 Å². The van der Waals surface area contributed by atoms with E-state index in [1.165, 1.54) is 0 Å². The summed E-state index contributed by atoms with van der Waals surface area (Å²) >= 11 is 0. The highest BCUT2D eigenvalue weighted by molar-refractivity contribution is 5.91. The molecule has 0 fully saturated rings. The first kappa shape index (κ1) is 13.7. The average Bonchev–Trinajstić information content (AvgIpc) is 2.17. The molecule has 6 nitrogen and oxygen atoms in total. The van der Waals surface area contributed by atoms with E-state index in [4.69, 9.17) is 0 Å². The molecule has 98 valence electrons. The minimum absolute atomic E-state index is 0.422. The summed E-state index contributed by atoms with van der Waals surface area (Å²) in [7, 11) is 0. The smallest absolute Gasteiger partial charge is 0.396 e. The van der Waals surface area contributed by atoms with Gasteiger partial charge in [-0.2, -0.15) is 0 Å². The number of ether oxygens (including phenoxy) is 1. The summed E-state index contributed by atoms with van der Waals surface area (Å²) in [6, 6.07) is 3.04. The summed E-state index contributed by atoms with van der Waals surface area (Å²) in [6.07, 6.45) is -5.10. The van der Waals surface area contributed by atoms with Gasteiger partial charge in [-0.1, -0.05) is 6.07 Å². The van der Waals surface area contributed by atoms with Crippen molar-refractivity contribution in [1.82, 2.24) is 0 Å². The molecule has 0 atom stereocenters. The van der Waals surface area contributed by atoms with Gasteiger partial charge in [0, 0.05) is 13.0 Å². The molecule has 1 amide bonds. The molecule has 0 aliphatic carbocycles. The lowest BCUT2D eigenvalue weighted by Gasteiger charge is -2.13. The Kier molecular flexibility index (Phi) is 3.74. The summed E-state index contributed by atoms with van der Waals surface area (Å²) in [5.74, 6) is -1.73. The van der Waals surface area contributed by atoms with Gasteiger partial charge in [-0.3, -0.25) is 14.9 Å². The number of carbonyl (C=O) groups is 1. The highest BCUT2D eigenvalue weighted by atomic mass is 19.4. The molecule has 0 spiro atoms. The van der Waals surface area contributed by atoms with Crippen LogP contribution in [0.1, 0.15) is 6.92 Å². The van der Waals surface area contributed by atoms with Gasteiger partial charge in [0.2, 0.25) is 11.7 Å². The Bertz CT molecular complexity index is 487. The quantitative estimate of drug-likeness (QED) is 0.671. The van der Waals surface area contributed by atoms with Crippen molar-refractivity contribution in [2.75, 3.05) is 5.32 Å². The highest BCUT2D eigenvalue weighted by Crippen LogP contribution is 2.38. The number of hydrogen-bond acceptors (Lipinski definition) is 4. The third kappa shape index (κ3) is 3.61. The monoisotopic (exact) mass is 264 g/mol. The molecule has 0 heterocycles. The molecular weight excluding hydrogens is 257 g/mol. The molecule has 1 N–H and O–H groups in total. The van der Waals surface area contributed by atoms with E-state index in [0.717, 1.165) is 25.1 Å². The fourth-order valence-electron chi connectivity index (χ4n) is 1.18. The Morgan fingerprint density at radius 3 is 2.50 bits per heavy atom. The first-order valence-electron chi connectivity index (χ1n) is 4.51. The second-order valence-electron chi connectivity index (χ2n) is 3.14. The first-order chi connectivity index (χ1) is 8.20. The number of benzene rings is 1. The van der Waals surface area contributed by atoms with E-state index in [1.807, 2.05) is 5.32 Å². The van der Waals surface area contributed by atoms with Crippen molar-refractivity contribution in [3.8, 4) is 5.75 Å². The Hall–Kier alpha value is -2.32. The molecule has 0 aliphatic rings. The second kappa shape index (κ2) is 4.90. The average molecular weight is 264 g/mol. The maximum atomic E-state index is 12.1. The minimum atomic E-state index is -5.10. The van der Waals surface area contributed by atoms with E-state index in [-0.39, 0.29) is 0 Å². The first-order valence-corrected chi connectivity index (χ1v) is 4.51. The zero-order valence-corrected chi connectivity index (χ0v) is 8.95. The van der Waals surface area contributed by atoms with Crippen LogP contribution in [0.3, 0.4) is 0 Å². The predicted octanol–water partition coefficient (Wildman–Crippen LogP) is 2.45. The van der Waals surface area contributed by atoms with Crippen molar-refractivity contribution in [2.45, 2.75) is 13.3 Å². The number of nitrogens with one attached hydrogen (secondary N) is 1. The van der Waals surface area contributed by atoms with Gasteiger partial charge in [0.25, 0.3) is 0 Å². The van der Waals surface area contributed by atoms with Gasteiger partial charge in [-0.15, -0.1) is 13.2 Å². The van der Waals surface area contributed by atoms with Crippen molar-refractivity contribution in [3.63, 3.8) is 0 Å². The Morgan fingerprint density at radius 1 is 1.44 bits per heavy atom. The van der Waals surface area contributed by atoms with Crippen LogP contribution in [0.15, 0.2) is 18.2 Å². The number of nitrogens with zero attached hydrogens (tertiary/aromatic N) is 1. The van der Waals surface area contributed by atoms with E-state index >= 15 is 0 Å². The van der Waals surface area contributed by atoms with Crippen molar-refractivity contribution in [3.05, 3.63) is 28.3 Å². The summed E-state index contributed by atoms with van der Waals surface area (Å²) in [5, 5.41) is 12.6. The van der Waals surface area contributed by atoms with Crippen molar-refractivity contribution in [1.29, 1.82) is 0 Å². The third-order valence-corrected chi connectivity index (χ3v) is 1.72. The van der Waals surface area contributed by atoms with Gasteiger partial charge >= 0.3 is 12.0 Å². The Balaban J connectivity index is 3.29. The molecule has 1 aromatic rings. The maximum absolute atomic E-state index is 12.1. The van der Waals surface area contributed by atoms with Crippen LogP contribution in [0, 0.1) is 10.1 Å². The lowest BCUT2D eigenvalue weighted by atomic mass is 10.2. The normalized spacial score (nSPS) is 10.9. The molecule has 0 bridgehead atoms. The number of nitro groups is 1. The fourth-order valence-corrected chi connectivity index (χ4v) is 1.18. The van der Waals surface area contributed by atoms with E-state index in [1.54, 1.807) is 0 Å². The van der Waals surface area contributed by atoms with Crippen molar-refractivity contribution >= 4 is 17.3 Å². The number of rotatable bonds is 3. The van der Waals surface area contributed by atoms with Gasteiger partial charge in [0.05, 0.1) is 10.6 Å². The van der Waals surface area contributed by atoms with Crippen LogP contribution in [0.4, 0.5) is 24.5 Å². The summed E-state index contributed by atoms with van der Waals surface area (Å²) in [5.41, 5.74) is -1.31. The number of halogens is 3. The van der Waals surface area contributed by atoms with Crippen molar-refractivity contribution < 1.29 is 27.6 Å². The molecule has 9 heteroatoms. The fraction of sp³-hybridized carbons (Fsp3) is 0.222. The zero-order valence-electron chi connectivity index (χ0n) is 8.95. The number of anilines is 1. The number of hydrogen-bond donors (Lipinski definition) is 1. The molecule has 0 radical (unpaired) electrons. The summed E-state index contributed by atoms with van der Waals surface area (Å²) in [6.45, 7) is 1.05. The van der Waals surface area contributed by atoms with Crippen LogP contribution in [-0.4, -0.2) is 17.2 Å². The number of carbonyl (C=O) groups excluding carboxylic acids is 1. The number of amides is 1. The van der Waals surface area contributed by atoms with Gasteiger partial charge < -0.3 is 10.1 Å². The topological polar surface area (TPSA) is 81.5 Å².